The number of nitrogens with zero attached hydrogens (tertiary/aromatic N) is 4. The van der Waals surface area contributed by atoms with E-state index in [1.165, 1.54) is 44.6 Å². The Morgan fingerprint density at radius 2 is 1.93 bits per heavy atom. The van der Waals surface area contributed by atoms with E-state index in [-0.39, 0.29) is 0 Å². The summed E-state index contributed by atoms with van der Waals surface area (Å²) in [6.07, 6.45) is 4.55. The van der Waals surface area contributed by atoms with Crippen LogP contribution in [0.1, 0.15) is 28.8 Å². The molecular formula is C23H27N5O2. The van der Waals surface area contributed by atoms with Gasteiger partial charge < -0.3 is 9.74 Å². The molecule has 7 nitrogen and oxygen atoms in total. The summed E-state index contributed by atoms with van der Waals surface area (Å²) in [5.41, 5.74) is 3.72. The van der Waals surface area contributed by atoms with Gasteiger partial charge in [-0.15, -0.1) is 0 Å². The molecule has 2 aromatic carbocycles. The van der Waals surface area contributed by atoms with Crippen LogP contribution < -0.4 is 5.90 Å². The first-order valence-corrected chi connectivity index (χ1v) is 10.4. The van der Waals surface area contributed by atoms with Crippen LogP contribution in [0.25, 0.3) is 16.6 Å². The van der Waals surface area contributed by atoms with Crippen LogP contribution in [0.3, 0.4) is 0 Å². The van der Waals surface area contributed by atoms with Gasteiger partial charge in [-0.1, -0.05) is 24.3 Å². The summed E-state index contributed by atoms with van der Waals surface area (Å²) in [4.78, 5) is 21.3. The zero-order valence-corrected chi connectivity index (χ0v) is 17.3. The maximum Gasteiger partial charge on any atom is 0.358 e. The van der Waals surface area contributed by atoms with Gasteiger partial charge in [0.2, 0.25) is 0 Å². The van der Waals surface area contributed by atoms with Crippen molar-refractivity contribution in [2.24, 2.45) is 11.3 Å². The lowest BCUT2D eigenvalue weighted by molar-refractivity contribution is 0.0505. The molecule has 2 fully saturated rings. The summed E-state index contributed by atoms with van der Waals surface area (Å²) in [5.74, 6) is 4.47. The number of likely N-dealkylation sites (tertiary alicyclic amines) is 2. The van der Waals surface area contributed by atoms with Crippen LogP contribution in [0.15, 0.2) is 48.7 Å². The summed E-state index contributed by atoms with van der Waals surface area (Å²) in [6.45, 7) is 5.82. The molecule has 0 saturated carbocycles. The van der Waals surface area contributed by atoms with Crippen LogP contribution in [0, 0.1) is 5.41 Å². The van der Waals surface area contributed by atoms with E-state index < -0.39 is 5.97 Å². The minimum Gasteiger partial charge on any atom is -0.370 e. The van der Waals surface area contributed by atoms with Gasteiger partial charge in [0, 0.05) is 31.2 Å². The molecule has 5 rings (SSSR count). The molecule has 1 aromatic heterocycles. The predicted molar refractivity (Wildman–Crippen MR) is 115 cm³/mol. The molecule has 2 aliphatic rings. The Bertz CT molecular complexity index is 1080. The highest BCUT2D eigenvalue weighted by atomic mass is 16.7. The molecule has 3 aromatic rings. The molecule has 30 heavy (non-hydrogen) atoms. The molecule has 156 valence electrons. The van der Waals surface area contributed by atoms with Gasteiger partial charge in [-0.3, -0.25) is 4.90 Å². The molecule has 7 heteroatoms. The maximum absolute atomic E-state index is 11.9. The molecule has 2 N–H and O–H groups in total. The van der Waals surface area contributed by atoms with Crippen LogP contribution in [0.5, 0.6) is 0 Å². The number of fused-ring (bicyclic) bond motifs is 1. The third kappa shape index (κ3) is 3.49. The lowest BCUT2D eigenvalue weighted by Gasteiger charge is -2.24. The minimum absolute atomic E-state index is 0.367. The number of benzene rings is 2. The Morgan fingerprint density at radius 3 is 2.67 bits per heavy atom. The second-order valence-electron chi connectivity index (χ2n) is 8.84. The van der Waals surface area contributed by atoms with E-state index in [1.54, 1.807) is 16.8 Å². The minimum atomic E-state index is -0.585. The number of aromatic nitrogens is 2. The van der Waals surface area contributed by atoms with E-state index in [0.29, 0.717) is 16.5 Å². The third-order valence-electron chi connectivity index (χ3n) is 6.62. The van der Waals surface area contributed by atoms with Gasteiger partial charge in [0.25, 0.3) is 0 Å². The molecular weight excluding hydrogens is 378 g/mol. The number of nitrogens with two attached hydrogens (primary N) is 1. The van der Waals surface area contributed by atoms with Gasteiger partial charge in [0.05, 0.1) is 11.3 Å². The van der Waals surface area contributed by atoms with Gasteiger partial charge in [-0.25, -0.2) is 9.48 Å². The van der Waals surface area contributed by atoms with Crippen LogP contribution >= 0.6 is 0 Å². The monoisotopic (exact) mass is 405 g/mol. The van der Waals surface area contributed by atoms with Crippen LogP contribution in [0.4, 0.5) is 0 Å². The molecule has 1 unspecified atom stereocenters. The highest BCUT2D eigenvalue weighted by Gasteiger charge is 2.42. The van der Waals surface area contributed by atoms with Crippen molar-refractivity contribution in [3.8, 4) is 5.69 Å². The van der Waals surface area contributed by atoms with Crippen LogP contribution in [0.2, 0.25) is 0 Å². The smallest absolute Gasteiger partial charge is 0.358 e. The summed E-state index contributed by atoms with van der Waals surface area (Å²) in [6, 6.07) is 13.9. The Labute approximate surface area is 176 Å². The summed E-state index contributed by atoms with van der Waals surface area (Å²) >= 11 is 0. The van der Waals surface area contributed by atoms with Crippen LogP contribution in [-0.2, 0) is 11.4 Å². The number of carbonyl (C=O) groups excluding carboxylic acids is 1. The topological polar surface area (TPSA) is 76.6 Å². The van der Waals surface area contributed by atoms with E-state index in [0.717, 1.165) is 17.6 Å². The van der Waals surface area contributed by atoms with Crippen molar-refractivity contribution in [2.75, 3.05) is 33.2 Å². The molecule has 0 radical (unpaired) electrons. The van der Waals surface area contributed by atoms with Gasteiger partial charge in [-0.2, -0.15) is 11.0 Å². The van der Waals surface area contributed by atoms with Crippen molar-refractivity contribution in [3.05, 3.63) is 59.8 Å². The SMILES string of the molecule is CN1CCC2(CCN(Cc3ccc(-n4cc5cccc(C(=O)ON)c5n4)cc3)C2)C1. The standard InChI is InChI=1S/C23H27N5O2/c1-26-11-9-23(15-26)10-12-27(16-23)13-17-5-7-19(8-6-17)28-14-18-3-2-4-20(21(18)25-28)22(29)30-24/h2-8,14H,9-13,15-16,24H2,1H3. The summed E-state index contributed by atoms with van der Waals surface area (Å²) < 4.78 is 1.79. The van der Waals surface area contributed by atoms with E-state index in [4.69, 9.17) is 5.90 Å². The number of carbonyl (C=O) groups is 1. The highest BCUT2D eigenvalue weighted by Crippen LogP contribution is 2.39. The second-order valence-corrected chi connectivity index (χ2v) is 8.84. The van der Waals surface area contributed by atoms with Crippen molar-refractivity contribution >= 4 is 16.9 Å². The molecule has 0 bridgehead atoms. The number of rotatable bonds is 4. The molecule has 2 saturated heterocycles. The average molecular weight is 406 g/mol. The van der Waals surface area contributed by atoms with Gasteiger partial charge >= 0.3 is 5.97 Å². The van der Waals surface area contributed by atoms with E-state index in [9.17, 15) is 4.79 Å². The summed E-state index contributed by atoms with van der Waals surface area (Å²) in [7, 11) is 2.23. The Kier molecular flexibility index (Phi) is 4.81. The van der Waals surface area contributed by atoms with Crippen molar-refractivity contribution in [1.29, 1.82) is 0 Å². The summed E-state index contributed by atoms with van der Waals surface area (Å²) in [5, 5.41) is 5.45. The lowest BCUT2D eigenvalue weighted by atomic mass is 9.86. The van der Waals surface area contributed by atoms with Gasteiger partial charge in [0.15, 0.2) is 0 Å². The van der Waals surface area contributed by atoms with E-state index in [1.807, 2.05) is 12.3 Å². The first-order valence-electron chi connectivity index (χ1n) is 10.4. The highest BCUT2D eigenvalue weighted by molar-refractivity contribution is 6.02. The zero-order chi connectivity index (χ0) is 20.7. The second kappa shape index (κ2) is 7.50. The molecule has 0 aliphatic carbocycles. The fraction of sp³-hybridized carbons (Fsp3) is 0.391. The quantitative estimate of drug-likeness (QED) is 0.673. The molecule has 1 spiro atoms. The number of hydrogen-bond donors (Lipinski definition) is 1. The maximum atomic E-state index is 11.9. The lowest BCUT2D eigenvalue weighted by Crippen LogP contribution is -2.29. The van der Waals surface area contributed by atoms with E-state index >= 15 is 0 Å². The van der Waals surface area contributed by atoms with Gasteiger partial charge in [0.1, 0.15) is 5.52 Å². The zero-order valence-electron chi connectivity index (χ0n) is 17.3. The fourth-order valence-corrected chi connectivity index (χ4v) is 5.07. The largest absolute Gasteiger partial charge is 0.370 e. The van der Waals surface area contributed by atoms with Gasteiger partial charge in [-0.05, 0) is 62.2 Å². The van der Waals surface area contributed by atoms with Crippen molar-refractivity contribution in [1.82, 2.24) is 19.6 Å². The van der Waals surface area contributed by atoms with Crippen LogP contribution in [-0.4, -0.2) is 58.8 Å². The van der Waals surface area contributed by atoms with E-state index in [2.05, 4.69) is 51.0 Å². The Balaban J connectivity index is 1.31. The molecule has 2 aliphatic heterocycles. The van der Waals surface area contributed by atoms with Crippen molar-refractivity contribution in [2.45, 2.75) is 19.4 Å². The normalized spacial score (nSPS) is 22.3. The fourth-order valence-electron chi connectivity index (χ4n) is 5.07. The molecule has 3 heterocycles. The first-order chi connectivity index (χ1) is 14.5. The Hall–Kier alpha value is -2.74. The molecule has 0 amide bonds. The van der Waals surface area contributed by atoms with Crippen molar-refractivity contribution in [3.63, 3.8) is 0 Å². The third-order valence-corrected chi connectivity index (χ3v) is 6.62. The molecule has 1 atom stereocenters. The predicted octanol–water partition coefficient (Wildman–Crippen LogP) is 2.58. The number of hydrogen-bond acceptors (Lipinski definition) is 6. The Morgan fingerprint density at radius 1 is 1.13 bits per heavy atom. The average Bonchev–Trinajstić information content (AvgIpc) is 3.46. The van der Waals surface area contributed by atoms with Crippen molar-refractivity contribution < 1.29 is 9.63 Å². The first kappa shape index (κ1) is 19.2.